The van der Waals surface area contributed by atoms with Crippen LogP contribution in [-0.2, 0) is 4.74 Å². The lowest BCUT2D eigenvalue weighted by atomic mass is 10.0. The van der Waals surface area contributed by atoms with Crippen LogP contribution in [0, 0.1) is 0 Å². The summed E-state index contributed by atoms with van der Waals surface area (Å²) in [5.41, 5.74) is 0. The van der Waals surface area contributed by atoms with Gasteiger partial charge in [-0.15, -0.1) is 0 Å². The van der Waals surface area contributed by atoms with Crippen molar-refractivity contribution in [1.82, 2.24) is 0 Å². The number of rotatable bonds is 13. The average Bonchev–Trinajstić information content (AvgIpc) is 3.20. The van der Waals surface area contributed by atoms with Crippen molar-refractivity contribution in [3.05, 3.63) is 24.5 Å². The standard InChI is InChI=1S/C18H32O2/c1-2-3-4-5-8-11-14-17-18(20-17)15-12-9-6-7-10-13-16-19/h7,10,13,16-19H,2-6,8-9,11-12,14-15H2,1H3/b10-7-,16-13?/t17-,18+/m0/s1. The second-order valence-corrected chi connectivity index (χ2v) is 5.82. The summed E-state index contributed by atoms with van der Waals surface area (Å²) < 4.78 is 5.73. The minimum atomic E-state index is 0.562. The van der Waals surface area contributed by atoms with E-state index in [1.165, 1.54) is 64.2 Å². The minimum Gasteiger partial charge on any atom is -0.516 e. The van der Waals surface area contributed by atoms with Crippen LogP contribution in [0.3, 0.4) is 0 Å². The van der Waals surface area contributed by atoms with E-state index in [2.05, 4.69) is 13.0 Å². The average molecular weight is 280 g/mol. The number of hydrogen-bond donors (Lipinski definition) is 1. The van der Waals surface area contributed by atoms with Gasteiger partial charge in [0.1, 0.15) is 0 Å². The molecule has 0 bridgehead atoms. The van der Waals surface area contributed by atoms with E-state index < -0.39 is 0 Å². The van der Waals surface area contributed by atoms with E-state index in [4.69, 9.17) is 9.84 Å². The molecule has 20 heavy (non-hydrogen) atoms. The van der Waals surface area contributed by atoms with Crippen LogP contribution in [0.25, 0.3) is 0 Å². The van der Waals surface area contributed by atoms with Gasteiger partial charge in [-0.3, -0.25) is 0 Å². The highest BCUT2D eigenvalue weighted by Crippen LogP contribution is 2.31. The maximum atomic E-state index is 8.46. The molecule has 2 heteroatoms. The molecule has 0 aliphatic carbocycles. The quantitative estimate of drug-likeness (QED) is 0.203. The fraction of sp³-hybridized carbons (Fsp3) is 0.778. The number of allylic oxidation sites excluding steroid dienone is 3. The van der Waals surface area contributed by atoms with E-state index in [9.17, 15) is 0 Å². The minimum absolute atomic E-state index is 0.562. The van der Waals surface area contributed by atoms with Crippen molar-refractivity contribution in [2.45, 2.75) is 89.8 Å². The number of aliphatic hydroxyl groups excluding tert-OH is 1. The zero-order chi connectivity index (χ0) is 14.5. The van der Waals surface area contributed by atoms with Gasteiger partial charge in [-0.1, -0.05) is 64.0 Å². The molecule has 0 radical (unpaired) electrons. The van der Waals surface area contributed by atoms with Gasteiger partial charge in [-0.05, 0) is 31.8 Å². The summed E-state index contributed by atoms with van der Waals surface area (Å²) >= 11 is 0. The third-order valence-electron chi connectivity index (χ3n) is 3.97. The molecular weight excluding hydrogens is 248 g/mol. The number of ether oxygens (including phenoxy) is 1. The smallest absolute Gasteiger partial charge is 0.0841 e. The van der Waals surface area contributed by atoms with Gasteiger partial charge in [-0.2, -0.15) is 0 Å². The molecule has 116 valence electrons. The van der Waals surface area contributed by atoms with Crippen molar-refractivity contribution >= 4 is 0 Å². The van der Waals surface area contributed by atoms with E-state index in [1.807, 2.05) is 6.08 Å². The van der Waals surface area contributed by atoms with Gasteiger partial charge >= 0.3 is 0 Å². The van der Waals surface area contributed by atoms with Crippen LogP contribution >= 0.6 is 0 Å². The molecule has 0 aromatic carbocycles. The highest BCUT2D eigenvalue weighted by molar-refractivity contribution is 4.98. The van der Waals surface area contributed by atoms with Crippen LogP contribution in [0.5, 0.6) is 0 Å². The van der Waals surface area contributed by atoms with E-state index in [-0.39, 0.29) is 0 Å². The first-order chi connectivity index (χ1) is 9.88. The highest BCUT2D eigenvalue weighted by atomic mass is 16.6. The second kappa shape index (κ2) is 12.0. The summed E-state index contributed by atoms with van der Waals surface area (Å²) in [6.45, 7) is 2.27. The molecule has 1 heterocycles. The van der Waals surface area contributed by atoms with Gasteiger partial charge in [0.05, 0.1) is 18.5 Å². The first kappa shape index (κ1) is 17.3. The fourth-order valence-electron chi connectivity index (χ4n) is 2.65. The van der Waals surface area contributed by atoms with E-state index in [1.54, 1.807) is 6.08 Å². The molecule has 0 aromatic rings. The van der Waals surface area contributed by atoms with Gasteiger partial charge in [0.2, 0.25) is 0 Å². The molecule has 1 saturated heterocycles. The number of unbranched alkanes of at least 4 members (excludes halogenated alkanes) is 7. The molecule has 1 aliphatic heterocycles. The van der Waals surface area contributed by atoms with Crippen molar-refractivity contribution in [2.24, 2.45) is 0 Å². The Morgan fingerprint density at radius 3 is 2.20 bits per heavy atom. The molecule has 1 fully saturated rings. The third-order valence-corrected chi connectivity index (χ3v) is 3.97. The predicted octanol–water partition coefficient (Wildman–Crippen LogP) is 5.69. The molecule has 0 unspecified atom stereocenters. The first-order valence-corrected chi connectivity index (χ1v) is 8.49. The maximum absolute atomic E-state index is 8.46. The van der Waals surface area contributed by atoms with Gasteiger partial charge < -0.3 is 9.84 Å². The SMILES string of the molecule is CCCCCCCC[C@@H]1O[C@@H]1CCCC/C=C\C=CO. The van der Waals surface area contributed by atoms with Crippen LogP contribution in [0.2, 0.25) is 0 Å². The van der Waals surface area contributed by atoms with E-state index in [0.29, 0.717) is 12.2 Å². The molecule has 1 N–H and O–H groups in total. The normalized spacial score (nSPS) is 22.1. The topological polar surface area (TPSA) is 32.8 Å². The lowest BCUT2D eigenvalue weighted by molar-refractivity contribution is 0.348. The van der Waals surface area contributed by atoms with Gasteiger partial charge in [0, 0.05) is 0 Å². The molecular formula is C18H32O2. The number of epoxide rings is 1. The van der Waals surface area contributed by atoms with Crippen LogP contribution in [0.1, 0.15) is 77.6 Å². The van der Waals surface area contributed by atoms with Crippen LogP contribution in [0.4, 0.5) is 0 Å². The lowest BCUT2D eigenvalue weighted by Gasteiger charge is -1.99. The Balaban J connectivity index is 1.81. The second-order valence-electron chi connectivity index (χ2n) is 5.82. The third kappa shape index (κ3) is 9.19. The molecule has 0 amide bonds. The van der Waals surface area contributed by atoms with Gasteiger partial charge in [0.25, 0.3) is 0 Å². The predicted molar refractivity (Wildman–Crippen MR) is 86.0 cm³/mol. The Morgan fingerprint density at radius 1 is 0.850 bits per heavy atom. The van der Waals surface area contributed by atoms with Crippen molar-refractivity contribution in [1.29, 1.82) is 0 Å². The Morgan fingerprint density at radius 2 is 1.50 bits per heavy atom. The maximum Gasteiger partial charge on any atom is 0.0841 e. The largest absolute Gasteiger partial charge is 0.516 e. The fourth-order valence-corrected chi connectivity index (χ4v) is 2.65. The lowest BCUT2D eigenvalue weighted by Crippen LogP contribution is -1.94. The van der Waals surface area contributed by atoms with Crippen molar-refractivity contribution < 1.29 is 9.84 Å². The van der Waals surface area contributed by atoms with E-state index >= 15 is 0 Å². The summed E-state index contributed by atoms with van der Waals surface area (Å²) in [5, 5.41) is 8.46. The Hall–Kier alpha value is -0.760. The molecule has 0 saturated carbocycles. The molecule has 1 aliphatic rings. The molecule has 2 nitrogen and oxygen atoms in total. The molecule has 2 atom stereocenters. The van der Waals surface area contributed by atoms with Gasteiger partial charge in [0.15, 0.2) is 0 Å². The van der Waals surface area contributed by atoms with Crippen molar-refractivity contribution in [2.75, 3.05) is 0 Å². The summed E-state index contributed by atoms with van der Waals surface area (Å²) in [4.78, 5) is 0. The Bertz CT molecular complexity index is 271. The van der Waals surface area contributed by atoms with Gasteiger partial charge in [-0.25, -0.2) is 0 Å². The molecule has 1 rings (SSSR count). The Kier molecular flexibility index (Phi) is 10.4. The monoisotopic (exact) mass is 280 g/mol. The summed E-state index contributed by atoms with van der Waals surface area (Å²) in [7, 11) is 0. The van der Waals surface area contributed by atoms with E-state index in [0.717, 1.165) is 12.7 Å². The highest BCUT2D eigenvalue weighted by Gasteiger charge is 2.36. The Labute approximate surface area is 124 Å². The van der Waals surface area contributed by atoms with Crippen molar-refractivity contribution in [3.8, 4) is 0 Å². The van der Waals surface area contributed by atoms with Crippen LogP contribution in [0.15, 0.2) is 24.5 Å². The molecule has 0 aromatic heterocycles. The summed E-state index contributed by atoms with van der Waals surface area (Å²) in [6.07, 6.45) is 22.2. The zero-order valence-corrected chi connectivity index (χ0v) is 13.1. The first-order valence-electron chi connectivity index (χ1n) is 8.49. The number of hydrogen-bond acceptors (Lipinski definition) is 2. The van der Waals surface area contributed by atoms with Crippen LogP contribution in [-0.4, -0.2) is 17.3 Å². The summed E-state index contributed by atoms with van der Waals surface area (Å²) in [6, 6.07) is 0. The van der Waals surface area contributed by atoms with Crippen molar-refractivity contribution in [3.63, 3.8) is 0 Å². The number of aliphatic hydroxyl groups is 1. The molecule has 0 spiro atoms. The van der Waals surface area contributed by atoms with Crippen LogP contribution < -0.4 is 0 Å². The zero-order valence-electron chi connectivity index (χ0n) is 13.1. The summed E-state index contributed by atoms with van der Waals surface area (Å²) in [5.74, 6) is 0.